The standard InChI is InChI=1S/C33H37N3O8/c1-19(37)35-24-13-11-21-16-28(41-2)31(42-3)32(43-4)30(21)22-12-14-25(27(38)17-23(22)24)34-18-29(39)36-26(33(40)44-5)15-20-9-7-6-8-10-20/h6-10,12,14,16-17,24,26H,11,13,15,18H2,1-5H3,(H,34,38)(H,35,37)(H,36,39). The number of rotatable bonds is 11. The van der Waals surface area contributed by atoms with Gasteiger partial charge in [-0.2, -0.15) is 0 Å². The molecular weight excluding hydrogens is 566 g/mol. The van der Waals surface area contributed by atoms with Gasteiger partial charge in [-0.3, -0.25) is 14.4 Å². The minimum atomic E-state index is -0.902. The maximum atomic E-state index is 13.5. The second-order valence-electron chi connectivity index (χ2n) is 10.3. The molecule has 2 unspecified atom stereocenters. The van der Waals surface area contributed by atoms with Gasteiger partial charge in [0, 0.05) is 18.9 Å². The first-order valence-corrected chi connectivity index (χ1v) is 14.1. The van der Waals surface area contributed by atoms with Gasteiger partial charge in [-0.05, 0) is 53.3 Å². The number of benzene rings is 2. The zero-order valence-electron chi connectivity index (χ0n) is 25.4. The van der Waals surface area contributed by atoms with E-state index in [4.69, 9.17) is 18.9 Å². The highest BCUT2D eigenvalue weighted by molar-refractivity contribution is 5.87. The van der Waals surface area contributed by atoms with Crippen LogP contribution in [0.5, 0.6) is 17.2 Å². The second kappa shape index (κ2) is 14.4. The van der Waals surface area contributed by atoms with Crippen molar-refractivity contribution in [2.75, 3.05) is 40.3 Å². The molecule has 0 spiro atoms. The molecular formula is C33H37N3O8. The summed E-state index contributed by atoms with van der Waals surface area (Å²) in [7, 11) is 5.85. The Kier molecular flexibility index (Phi) is 10.4. The molecule has 2 atom stereocenters. The van der Waals surface area contributed by atoms with Crippen molar-refractivity contribution < 1.29 is 33.3 Å². The highest BCUT2D eigenvalue weighted by atomic mass is 16.5. The van der Waals surface area contributed by atoms with Crippen LogP contribution in [0.2, 0.25) is 0 Å². The molecule has 0 saturated carbocycles. The first kappa shape index (κ1) is 31.9. The van der Waals surface area contributed by atoms with Crippen LogP contribution in [-0.4, -0.2) is 58.8 Å². The number of carbonyl (C=O) groups excluding carboxylic acids is 3. The summed E-state index contributed by atoms with van der Waals surface area (Å²) in [5.41, 5.74) is 3.51. The summed E-state index contributed by atoms with van der Waals surface area (Å²) in [5, 5.41) is 8.56. The lowest BCUT2D eigenvalue weighted by atomic mass is 9.95. The van der Waals surface area contributed by atoms with Crippen molar-refractivity contribution in [3.63, 3.8) is 0 Å². The Hall–Kier alpha value is -5.06. The summed E-state index contributed by atoms with van der Waals surface area (Å²) < 4.78 is 21.9. The molecule has 0 fully saturated rings. The Morgan fingerprint density at radius 2 is 1.66 bits per heavy atom. The monoisotopic (exact) mass is 603 g/mol. The van der Waals surface area contributed by atoms with Crippen molar-refractivity contribution in [3.8, 4) is 28.4 Å². The molecule has 0 radical (unpaired) electrons. The summed E-state index contributed by atoms with van der Waals surface area (Å²) in [6, 6.07) is 14.6. The molecule has 3 aromatic carbocycles. The average molecular weight is 604 g/mol. The van der Waals surface area contributed by atoms with Crippen molar-refractivity contribution in [2.45, 2.75) is 38.3 Å². The zero-order chi connectivity index (χ0) is 31.8. The van der Waals surface area contributed by atoms with Crippen molar-refractivity contribution in [1.29, 1.82) is 0 Å². The molecule has 44 heavy (non-hydrogen) atoms. The van der Waals surface area contributed by atoms with Crippen molar-refractivity contribution in [3.05, 3.63) is 81.5 Å². The number of nitrogens with one attached hydrogen (secondary N) is 3. The summed E-state index contributed by atoms with van der Waals surface area (Å²) in [6.07, 6.45) is 1.33. The van der Waals surface area contributed by atoms with Gasteiger partial charge in [0.2, 0.25) is 23.0 Å². The van der Waals surface area contributed by atoms with Crippen molar-refractivity contribution >= 4 is 23.5 Å². The van der Waals surface area contributed by atoms with Crippen molar-refractivity contribution in [2.24, 2.45) is 0 Å². The molecule has 0 heterocycles. The zero-order valence-corrected chi connectivity index (χ0v) is 25.4. The van der Waals surface area contributed by atoms with E-state index < -0.39 is 24.0 Å². The van der Waals surface area contributed by atoms with E-state index in [-0.39, 0.29) is 30.0 Å². The molecule has 2 amide bonds. The van der Waals surface area contributed by atoms with Gasteiger partial charge in [0.05, 0.1) is 46.7 Å². The third-order valence-electron chi connectivity index (χ3n) is 7.46. The minimum absolute atomic E-state index is 0.161. The van der Waals surface area contributed by atoms with Gasteiger partial charge in [0.15, 0.2) is 11.5 Å². The molecule has 3 N–H and O–H groups in total. The van der Waals surface area contributed by atoms with Crippen LogP contribution >= 0.6 is 0 Å². The molecule has 1 aliphatic carbocycles. The van der Waals surface area contributed by atoms with E-state index in [1.807, 2.05) is 36.4 Å². The van der Waals surface area contributed by atoms with Crippen LogP contribution in [-0.2, 0) is 32.0 Å². The summed E-state index contributed by atoms with van der Waals surface area (Å²) in [4.78, 5) is 51.0. The Morgan fingerprint density at radius 3 is 2.30 bits per heavy atom. The van der Waals surface area contributed by atoms with Crippen LogP contribution in [0.4, 0.5) is 5.69 Å². The SMILES string of the molecule is COC(=O)C(Cc1ccccc1)NC(=O)CNc1ccc2c(cc1=O)C(NC(C)=O)CCc1cc(OC)c(OC)c(OC)c1-2. The molecule has 0 saturated heterocycles. The van der Waals surface area contributed by atoms with E-state index in [0.29, 0.717) is 46.8 Å². The number of aryl methyl sites for hydroxylation is 1. The molecule has 0 bridgehead atoms. The number of anilines is 1. The molecule has 3 aromatic rings. The van der Waals surface area contributed by atoms with Crippen LogP contribution < -0.4 is 35.6 Å². The Balaban J connectivity index is 1.69. The van der Waals surface area contributed by atoms with Crippen LogP contribution in [0, 0.1) is 0 Å². The Bertz CT molecular complexity index is 1590. The molecule has 11 nitrogen and oxygen atoms in total. The topological polar surface area (TPSA) is 141 Å². The lowest BCUT2D eigenvalue weighted by Crippen LogP contribution is -2.45. The van der Waals surface area contributed by atoms with E-state index in [9.17, 15) is 19.2 Å². The lowest BCUT2D eigenvalue weighted by molar-refractivity contribution is -0.144. The summed E-state index contributed by atoms with van der Waals surface area (Å²) in [5.74, 6) is 0.0228. The number of hydrogen-bond acceptors (Lipinski definition) is 9. The van der Waals surface area contributed by atoms with Crippen LogP contribution in [0.3, 0.4) is 0 Å². The second-order valence-corrected chi connectivity index (χ2v) is 10.3. The summed E-state index contributed by atoms with van der Waals surface area (Å²) >= 11 is 0. The Morgan fingerprint density at radius 1 is 0.932 bits per heavy atom. The highest BCUT2D eigenvalue weighted by Gasteiger charge is 2.29. The van der Waals surface area contributed by atoms with E-state index in [0.717, 1.165) is 11.1 Å². The highest BCUT2D eigenvalue weighted by Crippen LogP contribution is 2.50. The van der Waals surface area contributed by atoms with Gasteiger partial charge >= 0.3 is 5.97 Å². The minimum Gasteiger partial charge on any atom is -0.493 e. The van der Waals surface area contributed by atoms with E-state index in [1.165, 1.54) is 34.3 Å². The predicted molar refractivity (Wildman–Crippen MR) is 165 cm³/mol. The molecule has 0 aromatic heterocycles. The maximum absolute atomic E-state index is 13.5. The van der Waals surface area contributed by atoms with Crippen LogP contribution in [0.1, 0.15) is 36.1 Å². The number of carbonyl (C=O) groups is 3. The average Bonchev–Trinajstić information content (AvgIpc) is 3.26. The molecule has 11 heteroatoms. The van der Waals surface area contributed by atoms with E-state index in [1.54, 1.807) is 19.2 Å². The lowest BCUT2D eigenvalue weighted by Gasteiger charge is -2.19. The number of hydrogen-bond donors (Lipinski definition) is 3. The number of methoxy groups -OCH3 is 4. The van der Waals surface area contributed by atoms with Crippen molar-refractivity contribution in [1.82, 2.24) is 10.6 Å². The maximum Gasteiger partial charge on any atom is 0.328 e. The first-order chi connectivity index (χ1) is 21.2. The van der Waals surface area contributed by atoms with Gasteiger partial charge in [-0.1, -0.05) is 36.4 Å². The fraction of sp³-hybridized carbons (Fsp3) is 0.333. The molecule has 1 aliphatic rings. The molecule has 4 rings (SSSR count). The number of fused-ring (bicyclic) bond motifs is 3. The third-order valence-corrected chi connectivity index (χ3v) is 7.46. The summed E-state index contributed by atoms with van der Waals surface area (Å²) in [6.45, 7) is 1.16. The number of amides is 2. The van der Waals surface area contributed by atoms with Crippen LogP contribution in [0.25, 0.3) is 11.1 Å². The number of esters is 1. The smallest absolute Gasteiger partial charge is 0.328 e. The largest absolute Gasteiger partial charge is 0.493 e. The van der Waals surface area contributed by atoms with Gasteiger partial charge in [-0.25, -0.2) is 4.79 Å². The van der Waals surface area contributed by atoms with Gasteiger partial charge in [-0.15, -0.1) is 0 Å². The first-order valence-electron chi connectivity index (χ1n) is 14.1. The fourth-order valence-corrected chi connectivity index (χ4v) is 5.46. The van der Waals surface area contributed by atoms with Gasteiger partial charge in [0.25, 0.3) is 0 Å². The normalized spacial score (nSPS) is 14.1. The fourth-order valence-electron chi connectivity index (χ4n) is 5.46. The molecule has 232 valence electrons. The number of ether oxygens (including phenoxy) is 4. The predicted octanol–water partition coefficient (Wildman–Crippen LogP) is 3.18. The third kappa shape index (κ3) is 7.11. The quantitative estimate of drug-likeness (QED) is 0.282. The van der Waals surface area contributed by atoms with Gasteiger partial charge < -0.3 is 34.9 Å². The van der Waals surface area contributed by atoms with Crippen LogP contribution in [0.15, 0.2) is 59.4 Å². The van der Waals surface area contributed by atoms with E-state index in [2.05, 4.69) is 16.0 Å². The molecule has 0 aliphatic heterocycles. The van der Waals surface area contributed by atoms with Gasteiger partial charge in [0.1, 0.15) is 6.04 Å². The Labute approximate surface area is 255 Å². The van der Waals surface area contributed by atoms with E-state index >= 15 is 0 Å².